The van der Waals surface area contributed by atoms with Crippen molar-refractivity contribution in [2.24, 2.45) is 5.92 Å². The number of nitrogens with one attached hydrogen (secondary N) is 1. The Balaban J connectivity index is 1.46. The number of pyridine rings is 1. The van der Waals surface area contributed by atoms with Crippen molar-refractivity contribution in [1.29, 1.82) is 0 Å². The molecule has 6 nitrogen and oxygen atoms in total. The standard InChI is InChI=1S/C22H25N3O3/c1-3-28-21-17(9-8-14(2)23-21)22(27)25-12-10-15(11-13-25)19-16-6-4-5-7-18(16)24-20(19)26/h4-9,15,19H,3,10-13H2,1-2H3,(H,24,26). The van der Waals surface area contributed by atoms with E-state index in [0.29, 0.717) is 31.1 Å². The second kappa shape index (κ2) is 7.62. The van der Waals surface area contributed by atoms with E-state index in [1.165, 1.54) is 0 Å². The highest BCUT2D eigenvalue weighted by Crippen LogP contribution is 2.41. The molecule has 4 rings (SSSR count). The number of aryl methyl sites for hydroxylation is 1. The highest BCUT2D eigenvalue weighted by atomic mass is 16.5. The second-order valence-corrected chi connectivity index (χ2v) is 7.42. The Morgan fingerprint density at radius 3 is 2.71 bits per heavy atom. The Morgan fingerprint density at radius 2 is 1.96 bits per heavy atom. The zero-order valence-electron chi connectivity index (χ0n) is 16.3. The number of carbonyl (C=O) groups is 2. The van der Waals surface area contributed by atoms with E-state index >= 15 is 0 Å². The molecule has 1 aromatic heterocycles. The van der Waals surface area contributed by atoms with E-state index in [2.05, 4.69) is 10.3 Å². The molecule has 2 amide bonds. The summed E-state index contributed by atoms with van der Waals surface area (Å²) in [4.78, 5) is 31.7. The predicted molar refractivity (Wildman–Crippen MR) is 107 cm³/mol. The van der Waals surface area contributed by atoms with Gasteiger partial charge in [0.25, 0.3) is 5.91 Å². The molecule has 1 aromatic carbocycles. The number of piperidine rings is 1. The monoisotopic (exact) mass is 379 g/mol. The van der Waals surface area contributed by atoms with Crippen LogP contribution in [0.25, 0.3) is 0 Å². The van der Waals surface area contributed by atoms with E-state index in [0.717, 1.165) is 29.8 Å². The third kappa shape index (κ3) is 3.35. The zero-order valence-corrected chi connectivity index (χ0v) is 16.3. The van der Waals surface area contributed by atoms with Gasteiger partial charge in [0.15, 0.2) is 0 Å². The number of nitrogens with zero attached hydrogens (tertiary/aromatic N) is 2. The van der Waals surface area contributed by atoms with Crippen molar-refractivity contribution >= 4 is 17.5 Å². The van der Waals surface area contributed by atoms with Gasteiger partial charge in [-0.15, -0.1) is 0 Å². The van der Waals surface area contributed by atoms with Gasteiger partial charge in [0, 0.05) is 24.5 Å². The van der Waals surface area contributed by atoms with Crippen LogP contribution in [0.4, 0.5) is 5.69 Å². The van der Waals surface area contributed by atoms with Crippen molar-refractivity contribution in [2.45, 2.75) is 32.6 Å². The third-order valence-electron chi connectivity index (χ3n) is 5.65. The summed E-state index contributed by atoms with van der Waals surface area (Å²) in [5, 5.41) is 2.99. The van der Waals surface area contributed by atoms with Crippen molar-refractivity contribution in [3.8, 4) is 5.88 Å². The molecule has 0 bridgehead atoms. The molecule has 1 atom stereocenters. The van der Waals surface area contributed by atoms with Gasteiger partial charge in [0.05, 0.1) is 12.5 Å². The first kappa shape index (κ1) is 18.5. The summed E-state index contributed by atoms with van der Waals surface area (Å²) in [6.45, 7) is 5.50. The number of rotatable bonds is 4. The summed E-state index contributed by atoms with van der Waals surface area (Å²) in [6, 6.07) is 11.5. The van der Waals surface area contributed by atoms with Gasteiger partial charge in [-0.3, -0.25) is 9.59 Å². The van der Waals surface area contributed by atoms with Gasteiger partial charge in [0.1, 0.15) is 5.56 Å². The average molecular weight is 379 g/mol. The maximum Gasteiger partial charge on any atom is 0.259 e. The van der Waals surface area contributed by atoms with Crippen LogP contribution in [0.1, 0.15) is 47.3 Å². The molecule has 1 fully saturated rings. The van der Waals surface area contributed by atoms with E-state index in [4.69, 9.17) is 4.74 Å². The molecule has 28 heavy (non-hydrogen) atoms. The van der Waals surface area contributed by atoms with E-state index in [1.54, 1.807) is 6.07 Å². The number of hydrogen-bond acceptors (Lipinski definition) is 4. The first-order valence-corrected chi connectivity index (χ1v) is 9.88. The Morgan fingerprint density at radius 1 is 1.21 bits per heavy atom. The second-order valence-electron chi connectivity index (χ2n) is 7.42. The van der Waals surface area contributed by atoms with E-state index in [-0.39, 0.29) is 23.7 Å². The number of likely N-dealkylation sites (tertiary alicyclic amines) is 1. The summed E-state index contributed by atoms with van der Waals surface area (Å²) < 4.78 is 5.57. The first-order valence-electron chi connectivity index (χ1n) is 9.88. The number of ether oxygens (including phenoxy) is 1. The lowest BCUT2D eigenvalue weighted by molar-refractivity contribution is -0.118. The van der Waals surface area contributed by atoms with Crippen molar-refractivity contribution in [1.82, 2.24) is 9.88 Å². The Labute approximate surface area is 164 Å². The van der Waals surface area contributed by atoms with E-state index in [9.17, 15) is 9.59 Å². The molecular formula is C22H25N3O3. The SMILES string of the molecule is CCOc1nc(C)ccc1C(=O)N1CCC(C2C(=O)Nc3ccccc32)CC1. The molecular weight excluding hydrogens is 354 g/mol. The molecule has 0 radical (unpaired) electrons. The lowest BCUT2D eigenvalue weighted by Crippen LogP contribution is -2.40. The normalized spacial score (nSPS) is 19.3. The number of anilines is 1. The van der Waals surface area contributed by atoms with Crippen LogP contribution in [-0.2, 0) is 4.79 Å². The first-order chi connectivity index (χ1) is 13.6. The van der Waals surface area contributed by atoms with Crippen LogP contribution in [0.2, 0.25) is 0 Å². The summed E-state index contributed by atoms with van der Waals surface area (Å²) in [6.07, 6.45) is 1.61. The molecule has 0 saturated carbocycles. The molecule has 2 aliphatic rings. The van der Waals surface area contributed by atoms with Gasteiger partial charge in [-0.05, 0) is 56.4 Å². The number of amides is 2. The molecule has 146 valence electrons. The van der Waals surface area contributed by atoms with Gasteiger partial charge in [-0.2, -0.15) is 0 Å². The molecule has 2 aromatic rings. The molecule has 1 N–H and O–H groups in total. The topological polar surface area (TPSA) is 71.5 Å². The van der Waals surface area contributed by atoms with Gasteiger partial charge >= 0.3 is 0 Å². The Hall–Kier alpha value is -2.89. The van der Waals surface area contributed by atoms with Crippen molar-refractivity contribution in [2.75, 3.05) is 25.0 Å². The van der Waals surface area contributed by atoms with Crippen LogP contribution >= 0.6 is 0 Å². The number of benzene rings is 1. The van der Waals surface area contributed by atoms with E-state index < -0.39 is 0 Å². The third-order valence-corrected chi connectivity index (χ3v) is 5.65. The molecule has 3 heterocycles. The van der Waals surface area contributed by atoms with Crippen molar-refractivity contribution < 1.29 is 14.3 Å². The van der Waals surface area contributed by atoms with Gasteiger partial charge < -0.3 is 15.0 Å². The number of fused-ring (bicyclic) bond motifs is 1. The molecule has 0 aliphatic carbocycles. The summed E-state index contributed by atoms with van der Waals surface area (Å²) >= 11 is 0. The van der Waals surface area contributed by atoms with Crippen LogP contribution in [0, 0.1) is 12.8 Å². The smallest absolute Gasteiger partial charge is 0.259 e. The van der Waals surface area contributed by atoms with E-state index in [1.807, 2.05) is 49.1 Å². The van der Waals surface area contributed by atoms with Crippen molar-refractivity contribution in [3.63, 3.8) is 0 Å². The highest BCUT2D eigenvalue weighted by molar-refractivity contribution is 6.03. The quantitative estimate of drug-likeness (QED) is 0.884. The minimum Gasteiger partial charge on any atom is -0.477 e. The summed E-state index contributed by atoms with van der Waals surface area (Å²) in [5.41, 5.74) is 3.33. The Bertz CT molecular complexity index is 904. The minimum absolute atomic E-state index is 0.0503. The number of hydrogen-bond donors (Lipinski definition) is 1. The zero-order chi connectivity index (χ0) is 19.7. The van der Waals surface area contributed by atoms with Crippen molar-refractivity contribution in [3.05, 3.63) is 53.2 Å². The minimum atomic E-state index is -0.117. The van der Waals surface area contributed by atoms with Crippen LogP contribution in [0.15, 0.2) is 36.4 Å². The molecule has 1 saturated heterocycles. The van der Waals surface area contributed by atoms with Gasteiger partial charge in [-0.25, -0.2) is 4.98 Å². The van der Waals surface area contributed by atoms with Gasteiger partial charge in [0.2, 0.25) is 11.8 Å². The highest BCUT2D eigenvalue weighted by Gasteiger charge is 2.39. The van der Waals surface area contributed by atoms with Crippen LogP contribution in [0.3, 0.4) is 0 Å². The number of carbonyl (C=O) groups excluding carboxylic acids is 2. The molecule has 1 unspecified atom stereocenters. The summed E-state index contributed by atoms with van der Waals surface area (Å²) in [7, 11) is 0. The maximum absolute atomic E-state index is 13.0. The molecule has 0 spiro atoms. The number of aromatic nitrogens is 1. The fourth-order valence-electron chi connectivity index (χ4n) is 4.25. The Kier molecular flexibility index (Phi) is 5.03. The largest absolute Gasteiger partial charge is 0.477 e. The summed E-state index contributed by atoms with van der Waals surface area (Å²) in [5.74, 6) is 0.556. The van der Waals surface area contributed by atoms with Crippen LogP contribution in [-0.4, -0.2) is 41.4 Å². The fourth-order valence-corrected chi connectivity index (χ4v) is 4.25. The lowest BCUT2D eigenvalue weighted by Gasteiger charge is -2.34. The fraction of sp³-hybridized carbons (Fsp3) is 0.409. The number of para-hydroxylation sites is 1. The maximum atomic E-state index is 13.0. The lowest BCUT2D eigenvalue weighted by atomic mass is 9.80. The molecule has 2 aliphatic heterocycles. The molecule has 6 heteroatoms. The average Bonchev–Trinajstić information content (AvgIpc) is 3.04. The van der Waals surface area contributed by atoms with Gasteiger partial charge in [-0.1, -0.05) is 18.2 Å². The van der Waals surface area contributed by atoms with Crippen LogP contribution < -0.4 is 10.1 Å². The van der Waals surface area contributed by atoms with Crippen LogP contribution in [0.5, 0.6) is 5.88 Å². The predicted octanol–water partition coefficient (Wildman–Crippen LogP) is 3.38.